The molecule has 1 saturated heterocycles. The van der Waals surface area contributed by atoms with Gasteiger partial charge in [0.05, 0.1) is 16.1 Å². The summed E-state index contributed by atoms with van der Waals surface area (Å²) in [6.07, 6.45) is 0.954. The molecule has 3 nitrogen and oxygen atoms in total. The van der Waals surface area contributed by atoms with Gasteiger partial charge in [-0.15, -0.1) is 0 Å². The van der Waals surface area contributed by atoms with Gasteiger partial charge < -0.3 is 10.0 Å². The van der Waals surface area contributed by atoms with Crippen molar-refractivity contribution in [2.24, 2.45) is 0 Å². The second kappa shape index (κ2) is 5.14. The van der Waals surface area contributed by atoms with Crippen LogP contribution in [0.25, 0.3) is 0 Å². The largest absolute Gasteiger partial charge is 0.391 e. The molecular weight excluding hydrogens is 289 g/mol. The van der Waals surface area contributed by atoms with Gasteiger partial charge in [-0.3, -0.25) is 4.79 Å². The van der Waals surface area contributed by atoms with E-state index in [-0.39, 0.29) is 22.5 Å². The summed E-state index contributed by atoms with van der Waals surface area (Å²) in [4.78, 5) is 13.6. The van der Waals surface area contributed by atoms with E-state index >= 15 is 0 Å². The monoisotopic (exact) mass is 301 g/mol. The fourth-order valence-corrected chi connectivity index (χ4v) is 2.34. The van der Waals surface area contributed by atoms with Crippen molar-refractivity contribution in [3.8, 4) is 0 Å². The van der Waals surface area contributed by atoms with Gasteiger partial charge in [0, 0.05) is 13.1 Å². The first-order valence-corrected chi connectivity index (χ1v) is 6.30. The van der Waals surface area contributed by atoms with Crippen LogP contribution in [0.3, 0.4) is 0 Å². The Kier molecular flexibility index (Phi) is 3.79. The second-order valence-corrected chi connectivity index (χ2v) is 5.00. The third-order valence-electron chi connectivity index (χ3n) is 2.87. The molecule has 1 aliphatic heterocycles. The Hall–Kier alpha value is -0.940. The van der Waals surface area contributed by atoms with Crippen molar-refractivity contribution in [1.82, 2.24) is 4.90 Å². The van der Waals surface area contributed by atoms with Crippen LogP contribution in [-0.4, -0.2) is 35.1 Å². The van der Waals surface area contributed by atoms with Gasteiger partial charge in [-0.1, -0.05) is 6.07 Å². The highest BCUT2D eigenvalue weighted by molar-refractivity contribution is 9.10. The molecule has 1 aromatic carbocycles. The summed E-state index contributed by atoms with van der Waals surface area (Å²) in [5.74, 6) is -0.903. The fourth-order valence-electron chi connectivity index (χ4n) is 1.98. The van der Waals surface area contributed by atoms with Crippen molar-refractivity contribution in [3.05, 3.63) is 34.1 Å². The minimum absolute atomic E-state index is 0.0495. The maximum Gasteiger partial charge on any atom is 0.256 e. The number of benzene rings is 1. The number of hydrogen-bond acceptors (Lipinski definition) is 2. The first kappa shape index (κ1) is 12.5. The molecule has 1 atom stereocenters. The summed E-state index contributed by atoms with van der Waals surface area (Å²) in [5.41, 5.74) is 0.0495. The average molecular weight is 302 g/mol. The summed E-state index contributed by atoms with van der Waals surface area (Å²) in [5, 5.41) is 9.50. The summed E-state index contributed by atoms with van der Waals surface area (Å²) in [6.45, 7) is 0.854. The summed E-state index contributed by atoms with van der Waals surface area (Å²) < 4.78 is 14.0. The van der Waals surface area contributed by atoms with Gasteiger partial charge in [-0.05, 0) is 40.9 Å². The third-order valence-corrected chi connectivity index (χ3v) is 3.48. The standard InChI is InChI=1S/C12H13BrFNO2/c13-10-5-1-4-9(11(10)14)12(17)15-6-2-3-8(16)7-15/h1,4-5,8,16H,2-3,6-7H2/t8-/m0/s1. The van der Waals surface area contributed by atoms with Crippen LogP contribution in [0.5, 0.6) is 0 Å². The zero-order chi connectivity index (χ0) is 12.4. The zero-order valence-electron chi connectivity index (χ0n) is 9.20. The molecule has 0 unspecified atom stereocenters. The van der Waals surface area contributed by atoms with Gasteiger partial charge in [0.15, 0.2) is 0 Å². The Balaban J connectivity index is 2.22. The number of hydrogen-bond donors (Lipinski definition) is 1. The molecule has 17 heavy (non-hydrogen) atoms. The minimum atomic E-state index is -0.544. The van der Waals surface area contributed by atoms with E-state index in [1.807, 2.05) is 0 Å². The molecule has 1 amide bonds. The summed E-state index contributed by atoms with van der Waals surface area (Å²) >= 11 is 3.06. The molecule has 1 N–H and O–H groups in total. The van der Waals surface area contributed by atoms with E-state index in [9.17, 15) is 14.3 Å². The van der Waals surface area contributed by atoms with Crippen molar-refractivity contribution >= 4 is 21.8 Å². The van der Waals surface area contributed by atoms with Crippen molar-refractivity contribution in [2.45, 2.75) is 18.9 Å². The van der Waals surface area contributed by atoms with E-state index in [2.05, 4.69) is 15.9 Å². The van der Waals surface area contributed by atoms with Gasteiger partial charge in [0.1, 0.15) is 5.82 Å². The lowest BCUT2D eigenvalue weighted by molar-refractivity contribution is 0.0470. The van der Waals surface area contributed by atoms with Gasteiger partial charge in [-0.2, -0.15) is 0 Å². The van der Waals surface area contributed by atoms with Crippen LogP contribution in [0.15, 0.2) is 22.7 Å². The van der Waals surface area contributed by atoms with E-state index in [4.69, 9.17) is 0 Å². The maximum atomic E-state index is 13.7. The van der Waals surface area contributed by atoms with Gasteiger partial charge in [-0.25, -0.2) is 4.39 Å². The Morgan fingerprint density at radius 1 is 1.53 bits per heavy atom. The maximum absolute atomic E-state index is 13.7. The number of rotatable bonds is 1. The quantitative estimate of drug-likeness (QED) is 0.864. The molecule has 1 heterocycles. The summed E-state index contributed by atoms with van der Waals surface area (Å²) in [7, 11) is 0. The Morgan fingerprint density at radius 2 is 2.29 bits per heavy atom. The highest BCUT2D eigenvalue weighted by Gasteiger charge is 2.25. The Morgan fingerprint density at radius 3 is 3.00 bits per heavy atom. The molecule has 0 bridgehead atoms. The van der Waals surface area contributed by atoms with E-state index in [0.717, 1.165) is 6.42 Å². The smallest absolute Gasteiger partial charge is 0.256 e. The number of likely N-dealkylation sites (tertiary alicyclic amines) is 1. The minimum Gasteiger partial charge on any atom is -0.391 e. The average Bonchev–Trinajstić information content (AvgIpc) is 2.32. The Labute approximate surface area is 107 Å². The number of aliphatic hydroxyl groups excluding tert-OH is 1. The highest BCUT2D eigenvalue weighted by atomic mass is 79.9. The van der Waals surface area contributed by atoms with Crippen LogP contribution < -0.4 is 0 Å². The van der Waals surface area contributed by atoms with Crippen LogP contribution >= 0.6 is 15.9 Å². The first-order chi connectivity index (χ1) is 8.09. The molecule has 1 fully saturated rings. The number of aliphatic hydroxyl groups is 1. The predicted octanol–water partition coefficient (Wildman–Crippen LogP) is 2.19. The van der Waals surface area contributed by atoms with Gasteiger partial charge in [0.25, 0.3) is 5.91 Å². The number of nitrogens with zero attached hydrogens (tertiary/aromatic N) is 1. The van der Waals surface area contributed by atoms with Crippen molar-refractivity contribution < 1.29 is 14.3 Å². The molecule has 0 aromatic heterocycles. The predicted molar refractivity (Wildman–Crippen MR) is 65.2 cm³/mol. The first-order valence-electron chi connectivity index (χ1n) is 5.51. The zero-order valence-corrected chi connectivity index (χ0v) is 10.8. The van der Waals surface area contributed by atoms with Crippen LogP contribution in [0, 0.1) is 5.82 Å². The number of piperidine rings is 1. The summed E-state index contributed by atoms with van der Waals surface area (Å²) in [6, 6.07) is 4.64. The molecule has 0 spiro atoms. The van der Waals surface area contributed by atoms with Crippen LogP contribution in [0.2, 0.25) is 0 Å². The Bertz CT molecular complexity index is 439. The molecule has 5 heteroatoms. The number of halogens is 2. The highest BCUT2D eigenvalue weighted by Crippen LogP contribution is 2.21. The number of amides is 1. The molecule has 0 radical (unpaired) electrons. The topological polar surface area (TPSA) is 40.5 Å². The lowest BCUT2D eigenvalue weighted by Crippen LogP contribution is -2.42. The molecule has 0 aliphatic carbocycles. The lowest BCUT2D eigenvalue weighted by atomic mass is 10.1. The SMILES string of the molecule is O=C(c1cccc(Br)c1F)N1CCC[C@H](O)C1. The lowest BCUT2D eigenvalue weighted by Gasteiger charge is -2.30. The van der Waals surface area contributed by atoms with E-state index in [1.54, 1.807) is 12.1 Å². The second-order valence-electron chi connectivity index (χ2n) is 4.15. The normalized spacial score (nSPS) is 20.4. The molecule has 2 rings (SSSR count). The number of carbonyl (C=O) groups excluding carboxylic acids is 1. The molecule has 0 saturated carbocycles. The van der Waals surface area contributed by atoms with Crippen molar-refractivity contribution in [1.29, 1.82) is 0 Å². The molecule has 92 valence electrons. The van der Waals surface area contributed by atoms with Gasteiger partial charge >= 0.3 is 0 Å². The number of β-amino-alcohol motifs (C(OH)–C–C–N with tert-alkyl or cyclic N) is 1. The van der Waals surface area contributed by atoms with Gasteiger partial charge in [0.2, 0.25) is 0 Å². The molecule has 1 aliphatic rings. The fraction of sp³-hybridized carbons (Fsp3) is 0.417. The van der Waals surface area contributed by atoms with E-state index in [1.165, 1.54) is 11.0 Å². The van der Waals surface area contributed by atoms with E-state index in [0.29, 0.717) is 13.0 Å². The van der Waals surface area contributed by atoms with Crippen molar-refractivity contribution in [3.63, 3.8) is 0 Å². The number of carbonyl (C=O) groups is 1. The van der Waals surface area contributed by atoms with Crippen LogP contribution in [0.1, 0.15) is 23.2 Å². The molecule has 1 aromatic rings. The van der Waals surface area contributed by atoms with Crippen LogP contribution in [-0.2, 0) is 0 Å². The van der Waals surface area contributed by atoms with Crippen molar-refractivity contribution in [2.75, 3.05) is 13.1 Å². The van der Waals surface area contributed by atoms with Crippen LogP contribution in [0.4, 0.5) is 4.39 Å². The van der Waals surface area contributed by atoms with E-state index < -0.39 is 11.9 Å². The third kappa shape index (κ3) is 2.66. The molecular formula is C12H13BrFNO2.